The fraction of sp³-hybridized carbons (Fsp3) is 0.167. The molecule has 0 saturated carbocycles. The van der Waals surface area contributed by atoms with E-state index in [4.69, 9.17) is 25.2 Å². The fourth-order valence-corrected chi connectivity index (χ4v) is 3.42. The van der Waals surface area contributed by atoms with Gasteiger partial charge in [-0.25, -0.2) is 4.79 Å². The first-order valence-corrected chi connectivity index (χ1v) is 9.89. The molecular formula is C24H19ClO6. The van der Waals surface area contributed by atoms with Crippen LogP contribution in [-0.2, 0) is 11.3 Å². The Balaban J connectivity index is 1.83. The summed E-state index contributed by atoms with van der Waals surface area (Å²) in [5, 5.41) is 0.827. The van der Waals surface area contributed by atoms with Gasteiger partial charge in [0.15, 0.2) is 5.76 Å². The van der Waals surface area contributed by atoms with Crippen LogP contribution in [0.15, 0.2) is 62.2 Å². The lowest BCUT2D eigenvalue weighted by Crippen LogP contribution is -2.10. The van der Waals surface area contributed by atoms with Crippen molar-refractivity contribution >= 4 is 28.5 Å². The third-order valence-corrected chi connectivity index (χ3v) is 5.32. The van der Waals surface area contributed by atoms with Crippen molar-refractivity contribution in [3.05, 3.63) is 86.4 Å². The van der Waals surface area contributed by atoms with E-state index in [1.807, 2.05) is 19.9 Å². The molecule has 158 valence electrons. The zero-order chi connectivity index (χ0) is 22.1. The van der Waals surface area contributed by atoms with Gasteiger partial charge in [0.1, 0.15) is 18.0 Å². The summed E-state index contributed by atoms with van der Waals surface area (Å²) in [6.45, 7) is 3.79. The van der Waals surface area contributed by atoms with Gasteiger partial charge in [0.25, 0.3) is 0 Å². The van der Waals surface area contributed by atoms with E-state index in [0.29, 0.717) is 27.3 Å². The lowest BCUT2D eigenvalue weighted by Gasteiger charge is -2.13. The highest BCUT2D eigenvalue weighted by molar-refractivity contribution is 6.33. The normalized spacial score (nSPS) is 11.0. The van der Waals surface area contributed by atoms with Crippen molar-refractivity contribution in [1.82, 2.24) is 0 Å². The minimum Gasteiger partial charge on any atom is -0.478 e. The van der Waals surface area contributed by atoms with Crippen molar-refractivity contribution in [2.45, 2.75) is 20.5 Å². The number of furan rings is 1. The second kappa shape index (κ2) is 8.32. The highest BCUT2D eigenvalue weighted by Gasteiger charge is 2.21. The van der Waals surface area contributed by atoms with Crippen molar-refractivity contribution in [2.75, 3.05) is 7.11 Å². The zero-order valence-corrected chi connectivity index (χ0v) is 17.9. The smallest absolute Gasteiger partial charge is 0.373 e. The lowest BCUT2D eigenvalue weighted by atomic mass is 10.0. The molecule has 0 saturated heterocycles. The molecule has 0 fully saturated rings. The summed E-state index contributed by atoms with van der Waals surface area (Å²) >= 11 is 6.37. The van der Waals surface area contributed by atoms with Crippen LogP contribution in [0.1, 0.15) is 27.4 Å². The topological polar surface area (TPSA) is 78.9 Å². The standard InChI is InChI=1S/C24H19ClO6/c1-13-10-17-20(11-14(13)2)31-22(16-6-4-5-7-18(16)25)23(21(17)26)29-12-15-8-9-19(30-15)24(27)28-3/h4-11H,12H2,1-3H3. The minimum absolute atomic E-state index is 0.0138. The Labute approximate surface area is 183 Å². The SMILES string of the molecule is COC(=O)c1ccc(COc2c(-c3ccccc3Cl)oc3cc(C)c(C)cc3c2=O)o1. The molecule has 0 bridgehead atoms. The van der Waals surface area contributed by atoms with Gasteiger partial charge in [0.05, 0.1) is 17.5 Å². The number of esters is 1. The second-order valence-corrected chi connectivity index (χ2v) is 7.46. The number of carbonyl (C=O) groups excluding carboxylic acids is 1. The first kappa shape index (κ1) is 20.8. The van der Waals surface area contributed by atoms with Gasteiger partial charge in [-0.15, -0.1) is 0 Å². The summed E-state index contributed by atoms with van der Waals surface area (Å²) < 4.78 is 22.0. The number of carbonyl (C=O) groups is 1. The molecule has 4 rings (SSSR count). The predicted octanol–water partition coefficient (Wildman–Crippen LogP) is 5.69. The maximum absolute atomic E-state index is 13.3. The van der Waals surface area contributed by atoms with Crippen LogP contribution >= 0.6 is 11.6 Å². The molecule has 0 unspecified atom stereocenters. The van der Waals surface area contributed by atoms with Crippen LogP contribution in [-0.4, -0.2) is 13.1 Å². The Morgan fingerprint density at radius 2 is 1.77 bits per heavy atom. The first-order chi connectivity index (χ1) is 14.9. The number of hydrogen-bond acceptors (Lipinski definition) is 6. The third kappa shape index (κ3) is 3.94. The van der Waals surface area contributed by atoms with Crippen LogP contribution in [0.25, 0.3) is 22.3 Å². The zero-order valence-electron chi connectivity index (χ0n) is 17.2. The molecule has 0 atom stereocenters. The lowest BCUT2D eigenvalue weighted by molar-refractivity contribution is 0.0561. The highest BCUT2D eigenvalue weighted by atomic mass is 35.5. The van der Waals surface area contributed by atoms with E-state index in [0.717, 1.165) is 11.1 Å². The Bertz CT molecular complexity index is 1350. The van der Waals surface area contributed by atoms with Gasteiger partial charge in [0.2, 0.25) is 16.9 Å². The average Bonchev–Trinajstić information content (AvgIpc) is 3.23. The van der Waals surface area contributed by atoms with Gasteiger partial charge < -0.3 is 18.3 Å². The molecule has 0 N–H and O–H groups in total. The predicted molar refractivity (Wildman–Crippen MR) is 117 cm³/mol. The maximum Gasteiger partial charge on any atom is 0.373 e. The molecule has 7 heteroatoms. The van der Waals surface area contributed by atoms with Crippen molar-refractivity contribution in [3.63, 3.8) is 0 Å². The summed E-state index contributed by atoms with van der Waals surface area (Å²) in [6, 6.07) is 13.7. The van der Waals surface area contributed by atoms with Crippen LogP contribution in [0.2, 0.25) is 5.02 Å². The monoisotopic (exact) mass is 438 g/mol. The quantitative estimate of drug-likeness (QED) is 0.372. The molecule has 0 aliphatic carbocycles. The largest absolute Gasteiger partial charge is 0.478 e. The van der Waals surface area contributed by atoms with E-state index < -0.39 is 5.97 Å². The number of rotatable bonds is 5. The van der Waals surface area contributed by atoms with E-state index in [2.05, 4.69) is 4.74 Å². The van der Waals surface area contributed by atoms with E-state index >= 15 is 0 Å². The Morgan fingerprint density at radius 3 is 2.52 bits per heavy atom. The van der Waals surface area contributed by atoms with E-state index in [1.54, 1.807) is 36.4 Å². The van der Waals surface area contributed by atoms with E-state index in [9.17, 15) is 9.59 Å². The molecule has 6 nitrogen and oxygen atoms in total. The van der Waals surface area contributed by atoms with Crippen molar-refractivity contribution in [3.8, 4) is 17.1 Å². The van der Waals surface area contributed by atoms with Crippen molar-refractivity contribution < 1.29 is 23.1 Å². The van der Waals surface area contributed by atoms with Gasteiger partial charge in [-0.1, -0.05) is 23.7 Å². The molecule has 4 aromatic rings. The van der Waals surface area contributed by atoms with Crippen LogP contribution in [0.5, 0.6) is 5.75 Å². The molecule has 0 spiro atoms. The van der Waals surface area contributed by atoms with Gasteiger partial charge in [0, 0.05) is 5.56 Å². The second-order valence-electron chi connectivity index (χ2n) is 7.05. The fourth-order valence-electron chi connectivity index (χ4n) is 3.20. The molecule has 0 aliphatic rings. The molecular weight excluding hydrogens is 420 g/mol. The van der Waals surface area contributed by atoms with Gasteiger partial charge in [-0.3, -0.25) is 4.79 Å². The third-order valence-electron chi connectivity index (χ3n) is 4.99. The van der Waals surface area contributed by atoms with Crippen LogP contribution in [0, 0.1) is 13.8 Å². The van der Waals surface area contributed by atoms with E-state index in [-0.39, 0.29) is 29.3 Å². The molecule has 2 aromatic heterocycles. The summed E-state index contributed by atoms with van der Waals surface area (Å²) in [4.78, 5) is 24.9. The average molecular weight is 439 g/mol. The Hall–Kier alpha value is -3.51. The van der Waals surface area contributed by atoms with Crippen molar-refractivity contribution in [1.29, 1.82) is 0 Å². The number of benzene rings is 2. The molecule has 2 heterocycles. The van der Waals surface area contributed by atoms with Crippen molar-refractivity contribution in [2.24, 2.45) is 0 Å². The number of aryl methyl sites for hydroxylation is 2. The molecule has 0 radical (unpaired) electrons. The molecule has 31 heavy (non-hydrogen) atoms. The van der Waals surface area contributed by atoms with Crippen LogP contribution < -0.4 is 10.2 Å². The molecule has 0 amide bonds. The maximum atomic E-state index is 13.3. The van der Waals surface area contributed by atoms with Gasteiger partial charge in [-0.05, 0) is 61.4 Å². The van der Waals surface area contributed by atoms with Gasteiger partial charge >= 0.3 is 5.97 Å². The summed E-state index contributed by atoms with van der Waals surface area (Å²) in [7, 11) is 1.26. The number of fused-ring (bicyclic) bond motifs is 1. The van der Waals surface area contributed by atoms with E-state index in [1.165, 1.54) is 13.2 Å². The summed E-state index contributed by atoms with van der Waals surface area (Å²) in [5.41, 5.74) is 2.62. The Kier molecular flexibility index (Phi) is 5.57. The highest BCUT2D eigenvalue weighted by Crippen LogP contribution is 2.36. The number of hydrogen-bond donors (Lipinski definition) is 0. The summed E-state index contributed by atoms with van der Waals surface area (Å²) in [5.74, 6) is 0.0409. The number of halogens is 1. The van der Waals surface area contributed by atoms with Crippen LogP contribution in [0.3, 0.4) is 0 Å². The minimum atomic E-state index is -0.598. The summed E-state index contributed by atoms with van der Waals surface area (Å²) in [6.07, 6.45) is 0. The number of methoxy groups -OCH3 is 1. The molecule has 2 aromatic carbocycles. The molecule has 0 aliphatic heterocycles. The Morgan fingerprint density at radius 1 is 1.03 bits per heavy atom. The number of ether oxygens (including phenoxy) is 2. The van der Waals surface area contributed by atoms with Crippen LogP contribution in [0.4, 0.5) is 0 Å². The van der Waals surface area contributed by atoms with Gasteiger partial charge in [-0.2, -0.15) is 0 Å². The first-order valence-electron chi connectivity index (χ1n) is 9.52.